The Hall–Kier alpha value is -1.99. The van der Waals surface area contributed by atoms with Crippen LogP contribution in [0.3, 0.4) is 0 Å². The van der Waals surface area contributed by atoms with E-state index in [0.29, 0.717) is 0 Å². The third-order valence-corrected chi connectivity index (χ3v) is 3.37. The molecule has 0 N–H and O–H groups in total. The molecule has 0 saturated heterocycles. The van der Waals surface area contributed by atoms with Crippen LogP contribution >= 0.6 is 11.3 Å². The second kappa shape index (κ2) is 8.59. The molecule has 1 aromatic heterocycles. The monoisotopic (exact) mass is 350 g/mol. The van der Waals surface area contributed by atoms with E-state index in [2.05, 4.69) is 9.72 Å². The Morgan fingerprint density at radius 3 is 2.74 bits per heavy atom. The Balaban J connectivity index is 2.61. The number of aromatic nitrogens is 1. The summed E-state index contributed by atoms with van der Waals surface area (Å²) in [7, 11) is 0. The van der Waals surface area contributed by atoms with Crippen molar-refractivity contribution in [3.63, 3.8) is 0 Å². The molecule has 0 aliphatic heterocycles. The van der Waals surface area contributed by atoms with Crippen LogP contribution in [0.25, 0.3) is 0 Å². The van der Waals surface area contributed by atoms with Gasteiger partial charge in [-0.2, -0.15) is 18.4 Å². The first-order chi connectivity index (χ1) is 10.8. The first kappa shape index (κ1) is 19.1. The van der Waals surface area contributed by atoms with Crippen molar-refractivity contribution in [2.24, 2.45) is 0 Å². The summed E-state index contributed by atoms with van der Waals surface area (Å²) in [6, 6.07) is 1.73. The van der Waals surface area contributed by atoms with Gasteiger partial charge in [0, 0.05) is 11.8 Å². The fourth-order valence-electron chi connectivity index (χ4n) is 1.49. The van der Waals surface area contributed by atoms with Gasteiger partial charge in [-0.15, -0.1) is 11.3 Å². The van der Waals surface area contributed by atoms with Crippen LogP contribution in [-0.2, 0) is 14.3 Å². The molecule has 0 aliphatic carbocycles. The number of alkyl halides is 3. The van der Waals surface area contributed by atoms with E-state index in [1.165, 1.54) is 5.38 Å². The summed E-state index contributed by atoms with van der Waals surface area (Å²) in [5.74, 6) is -2.55. The summed E-state index contributed by atoms with van der Waals surface area (Å²) in [5, 5.41) is 10.5. The molecule has 0 fully saturated rings. The number of esters is 1. The van der Waals surface area contributed by atoms with Crippen molar-refractivity contribution in [1.82, 2.24) is 4.98 Å². The number of ether oxygens (including phenoxy) is 2. The molecule has 1 unspecified atom stereocenters. The lowest BCUT2D eigenvalue weighted by Gasteiger charge is -2.08. The van der Waals surface area contributed by atoms with Crippen LogP contribution in [0.2, 0.25) is 0 Å². The van der Waals surface area contributed by atoms with Gasteiger partial charge in [-0.25, -0.2) is 9.78 Å². The maximum atomic E-state index is 11.9. The first-order valence-corrected chi connectivity index (χ1v) is 7.35. The number of carbonyl (C=O) groups is 2. The van der Waals surface area contributed by atoms with Crippen LogP contribution in [0.15, 0.2) is 5.38 Å². The number of nitrogens with zero attached hydrogens (tertiary/aromatic N) is 2. The molecule has 0 aliphatic rings. The maximum absolute atomic E-state index is 11.9. The van der Waals surface area contributed by atoms with Gasteiger partial charge in [0.05, 0.1) is 19.3 Å². The van der Waals surface area contributed by atoms with Gasteiger partial charge in [0.25, 0.3) is 0 Å². The zero-order valence-corrected chi connectivity index (χ0v) is 12.9. The molecule has 0 amide bonds. The molecule has 10 heteroatoms. The van der Waals surface area contributed by atoms with Gasteiger partial charge in [0.1, 0.15) is 11.6 Å². The van der Waals surface area contributed by atoms with Crippen molar-refractivity contribution in [2.75, 3.05) is 19.8 Å². The van der Waals surface area contributed by atoms with Gasteiger partial charge in [-0.05, 0) is 6.92 Å². The molecule has 1 heterocycles. The molecule has 0 saturated carbocycles. The maximum Gasteiger partial charge on any atom is 0.411 e. The Morgan fingerprint density at radius 1 is 1.48 bits per heavy atom. The number of nitriles is 1. The SMILES string of the molecule is CCOC(=O)c1csc(C(C#N)C(=O)CCOCC(F)(F)F)n1. The molecule has 1 rings (SSSR count). The number of hydrogen-bond acceptors (Lipinski definition) is 7. The average Bonchev–Trinajstić information content (AvgIpc) is 2.93. The third kappa shape index (κ3) is 6.33. The van der Waals surface area contributed by atoms with Crippen molar-refractivity contribution >= 4 is 23.1 Å². The minimum atomic E-state index is -4.47. The molecule has 0 spiro atoms. The van der Waals surface area contributed by atoms with Crippen LogP contribution in [0.1, 0.15) is 34.8 Å². The Morgan fingerprint density at radius 2 is 2.17 bits per heavy atom. The summed E-state index contributed by atoms with van der Waals surface area (Å²) in [6.45, 7) is -0.134. The van der Waals surface area contributed by atoms with E-state index in [1.807, 2.05) is 0 Å². The fraction of sp³-hybridized carbons (Fsp3) is 0.538. The molecule has 1 atom stereocenters. The lowest BCUT2D eigenvalue weighted by atomic mass is 10.0. The predicted molar refractivity (Wildman–Crippen MR) is 72.9 cm³/mol. The van der Waals surface area contributed by atoms with Crippen molar-refractivity contribution < 1.29 is 32.2 Å². The summed E-state index contributed by atoms with van der Waals surface area (Å²) in [6.07, 6.45) is -4.83. The minimum absolute atomic E-state index is 0.0202. The molecular formula is C13H13F3N2O4S. The van der Waals surface area contributed by atoms with Gasteiger partial charge in [0.2, 0.25) is 0 Å². The highest BCUT2D eigenvalue weighted by atomic mass is 32.1. The Bertz CT molecular complexity index is 595. The Kier molecular flexibility index (Phi) is 7.12. The van der Waals surface area contributed by atoms with Crippen LogP contribution in [0.5, 0.6) is 0 Å². The van der Waals surface area contributed by atoms with Gasteiger partial charge >= 0.3 is 12.1 Å². The minimum Gasteiger partial charge on any atom is -0.461 e. The summed E-state index contributed by atoms with van der Waals surface area (Å²) in [4.78, 5) is 27.2. The highest BCUT2D eigenvalue weighted by molar-refractivity contribution is 7.10. The lowest BCUT2D eigenvalue weighted by molar-refractivity contribution is -0.174. The van der Waals surface area contributed by atoms with Crippen molar-refractivity contribution in [1.29, 1.82) is 5.26 Å². The highest BCUT2D eigenvalue weighted by Crippen LogP contribution is 2.23. The van der Waals surface area contributed by atoms with E-state index in [4.69, 9.17) is 10.00 Å². The predicted octanol–water partition coefficient (Wildman–Crippen LogP) is 2.47. The molecule has 6 nitrogen and oxygen atoms in total. The van der Waals surface area contributed by atoms with E-state index in [9.17, 15) is 22.8 Å². The normalized spacial score (nSPS) is 12.5. The fourth-order valence-corrected chi connectivity index (χ4v) is 2.34. The lowest BCUT2D eigenvalue weighted by Crippen LogP contribution is -2.19. The zero-order chi connectivity index (χ0) is 17.5. The molecule has 126 valence electrons. The molecular weight excluding hydrogens is 337 g/mol. The Labute approximate surface area is 133 Å². The van der Waals surface area contributed by atoms with Gasteiger partial charge in [-0.1, -0.05) is 0 Å². The number of ketones is 1. The van der Waals surface area contributed by atoms with Crippen LogP contribution in [-0.4, -0.2) is 42.7 Å². The molecule has 23 heavy (non-hydrogen) atoms. The van der Waals surface area contributed by atoms with Gasteiger partial charge in [-0.3, -0.25) is 4.79 Å². The van der Waals surface area contributed by atoms with Crippen molar-refractivity contribution in [3.8, 4) is 6.07 Å². The van der Waals surface area contributed by atoms with E-state index in [1.54, 1.807) is 13.0 Å². The van der Waals surface area contributed by atoms with Gasteiger partial charge in [0.15, 0.2) is 17.4 Å². The summed E-state index contributed by atoms with van der Waals surface area (Å²) in [5.41, 5.74) is -0.0202. The molecule has 0 radical (unpaired) electrons. The smallest absolute Gasteiger partial charge is 0.411 e. The molecule has 1 aromatic rings. The van der Waals surface area contributed by atoms with E-state index >= 15 is 0 Å². The van der Waals surface area contributed by atoms with Crippen LogP contribution in [0, 0.1) is 11.3 Å². The molecule has 0 bridgehead atoms. The van der Waals surface area contributed by atoms with Crippen LogP contribution < -0.4 is 0 Å². The first-order valence-electron chi connectivity index (χ1n) is 6.47. The second-order valence-electron chi connectivity index (χ2n) is 4.24. The number of hydrogen-bond donors (Lipinski definition) is 0. The number of Topliss-reactive ketones (excluding diaryl/α,β-unsaturated/α-hetero) is 1. The number of carbonyl (C=O) groups excluding carboxylic acids is 2. The quantitative estimate of drug-likeness (QED) is 0.528. The van der Waals surface area contributed by atoms with Crippen LogP contribution in [0.4, 0.5) is 13.2 Å². The topological polar surface area (TPSA) is 89.3 Å². The number of halogens is 3. The third-order valence-electron chi connectivity index (χ3n) is 2.46. The highest BCUT2D eigenvalue weighted by Gasteiger charge is 2.28. The van der Waals surface area contributed by atoms with Crippen molar-refractivity contribution in [2.45, 2.75) is 25.4 Å². The average molecular weight is 350 g/mol. The standard InChI is InChI=1S/C13H13F3N2O4S/c1-2-22-12(20)9-6-23-11(18-9)8(5-17)10(19)3-4-21-7-13(14,15)16/h6,8H,2-4,7H2,1H3. The van der Waals surface area contributed by atoms with E-state index in [-0.39, 0.29) is 23.7 Å². The van der Waals surface area contributed by atoms with Crippen molar-refractivity contribution in [3.05, 3.63) is 16.1 Å². The van der Waals surface area contributed by atoms with E-state index in [0.717, 1.165) is 11.3 Å². The molecule has 0 aromatic carbocycles. The number of rotatable bonds is 8. The van der Waals surface area contributed by atoms with E-state index < -0.39 is 37.1 Å². The summed E-state index contributed by atoms with van der Waals surface area (Å²) < 4.78 is 44.8. The summed E-state index contributed by atoms with van der Waals surface area (Å²) >= 11 is 0.932. The number of thiazole rings is 1. The zero-order valence-electron chi connectivity index (χ0n) is 12.1. The largest absolute Gasteiger partial charge is 0.461 e. The van der Waals surface area contributed by atoms with Gasteiger partial charge < -0.3 is 9.47 Å². The second-order valence-corrected chi connectivity index (χ2v) is 5.13.